The Bertz CT molecular complexity index is 550. The van der Waals surface area contributed by atoms with E-state index in [1.54, 1.807) is 44.9 Å². The Morgan fingerprint density at radius 3 is 2.29 bits per heavy atom. The van der Waals surface area contributed by atoms with Gasteiger partial charge >= 0.3 is 0 Å². The summed E-state index contributed by atoms with van der Waals surface area (Å²) in [5.74, 6) is -0.306. The Morgan fingerprint density at radius 1 is 1.24 bits per heavy atom. The lowest BCUT2D eigenvalue weighted by molar-refractivity contribution is -0.134. The predicted octanol–water partition coefficient (Wildman–Crippen LogP) is 1.68. The van der Waals surface area contributed by atoms with Crippen LogP contribution in [0.2, 0.25) is 0 Å². The molecule has 0 fully saturated rings. The van der Waals surface area contributed by atoms with Crippen molar-refractivity contribution < 1.29 is 9.59 Å². The number of nitrogens with one attached hydrogen (secondary N) is 1. The summed E-state index contributed by atoms with van der Waals surface area (Å²) in [5.41, 5.74) is 1.02. The molecule has 0 saturated carbocycles. The number of rotatable bonds is 4. The van der Waals surface area contributed by atoms with E-state index in [-0.39, 0.29) is 18.4 Å². The lowest BCUT2D eigenvalue weighted by Crippen LogP contribution is -2.42. The Morgan fingerprint density at radius 2 is 1.81 bits per heavy atom. The summed E-state index contributed by atoms with van der Waals surface area (Å²) in [6.45, 7) is 5.83. The van der Waals surface area contributed by atoms with Crippen LogP contribution in [0.4, 0.5) is 0 Å². The van der Waals surface area contributed by atoms with E-state index in [1.165, 1.54) is 0 Å². The van der Waals surface area contributed by atoms with Crippen LogP contribution < -0.4 is 5.32 Å². The summed E-state index contributed by atoms with van der Waals surface area (Å²) < 4.78 is 0. The van der Waals surface area contributed by atoms with Crippen molar-refractivity contribution >= 4 is 11.8 Å². The lowest BCUT2D eigenvalue weighted by Gasteiger charge is -2.20. The average Bonchev–Trinajstić information content (AvgIpc) is 2.44. The minimum Gasteiger partial charge on any atom is -0.347 e. The van der Waals surface area contributed by atoms with Crippen molar-refractivity contribution in [2.75, 3.05) is 13.6 Å². The second-order valence-electron chi connectivity index (χ2n) is 5.99. The van der Waals surface area contributed by atoms with E-state index < -0.39 is 5.41 Å². The maximum Gasteiger partial charge on any atom is 0.242 e. The van der Waals surface area contributed by atoms with Gasteiger partial charge in [0.2, 0.25) is 11.8 Å². The number of carbonyl (C=O) groups excluding carboxylic acids is 2. The van der Waals surface area contributed by atoms with Crippen LogP contribution in [0.25, 0.3) is 0 Å². The molecule has 0 saturated heterocycles. The molecular formula is C16H21N3O2. The van der Waals surface area contributed by atoms with Gasteiger partial charge in [-0.25, -0.2) is 0 Å². The maximum absolute atomic E-state index is 12.0. The smallest absolute Gasteiger partial charge is 0.242 e. The van der Waals surface area contributed by atoms with E-state index in [0.717, 1.165) is 5.56 Å². The topological polar surface area (TPSA) is 73.2 Å². The fourth-order valence-electron chi connectivity index (χ4n) is 1.60. The normalized spacial score (nSPS) is 10.6. The molecule has 0 aliphatic rings. The highest BCUT2D eigenvalue weighted by molar-refractivity contribution is 5.87. The summed E-state index contributed by atoms with van der Waals surface area (Å²) in [6.07, 6.45) is 0. The number of hydrogen-bond acceptors (Lipinski definition) is 3. The molecule has 0 radical (unpaired) electrons. The van der Waals surface area contributed by atoms with Gasteiger partial charge in [-0.3, -0.25) is 9.59 Å². The van der Waals surface area contributed by atoms with Crippen molar-refractivity contribution in [2.45, 2.75) is 27.3 Å². The molecule has 0 unspecified atom stereocenters. The maximum atomic E-state index is 12.0. The zero-order chi connectivity index (χ0) is 16.0. The number of nitriles is 1. The first-order valence-electron chi connectivity index (χ1n) is 6.75. The Balaban J connectivity index is 2.51. The van der Waals surface area contributed by atoms with Crippen molar-refractivity contribution in [2.24, 2.45) is 5.41 Å². The first-order chi connectivity index (χ1) is 9.74. The number of benzene rings is 1. The highest BCUT2D eigenvalue weighted by Gasteiger charge is 2.22. The molecule has 0 aliphatic carbocycles. The van der Waals surface area contributed by atoms with Gasteiger partial charge in [-0.05, 0) is 17.7 Å². The van der Waals surface area contributed by atoms with E-state index in [0.29, 0.717) is 12.1 Å². The van der Waals surface area contributed by atoms with Crippen molar-refractivity contribution in [3.05, 3.63) is 35.4 Å². The van der Waals surface area contributed by atoms with E-state index in [1.807, 2.05) is 18.2 Å². The van der Waals surface area contributed by atoms with Crippen molar-refractivity contribution in [3.63, 3.8) is 0 Å². The van der Waals surface area contributed by atoms with Crippen LogP contribution >= 0.6 is 0 Å². The zero-order valence-electron chi connectivity index (χ0n) is 12.9. The fourth-order valence-corrected chi connectivity index (χ4v) is 1.60. The largest absolute Gasteiger partial charge is 0.347 e. The molecule has 0 aliphatic heterocycles. The minimum atomic E-state index is -0.508. The van der Waals surface area contributed by atoms with Gasteiger partial charge in [-0.2, -0.15) is 5.26 Å². The van der Waals surface area contributed by atoms with Crippen molar-refractivity contribution in [1.29, 1.82) is 5.26 Å². The minimum absolute atomic E-state index is 0.0110. The summed E-state index contributed by atoms with van der Waals surface area (Å²) in [6, 6.07) is 9.11. The molecule has 5 heteroatoms. The molecular weight excluding hydrogens is 266 g/mol. The van der Waals surface area contributed by atoms with Gasteiger partial charge in [-0.1, -0.05) is 32.9 Å². The van der Waals surface area contributed by atoms with Crippen molar-refractivity contribution in [1.82, 2.24) is 10.2 Å². The second-order valence-corrected chi connectivity index (χ2v) is 5.99. The van der Waals surface area contributed by atoms with Gasteiger partial charge in [0.15, 0.2) is 0 Å². The highest BCUT2D eigenvalue weighted by Crippen LogP contribution is 2.12. The summed E-state index contributed by atoms with van der Waals surface area (Å²) in [4.78, 5) is 25.2. The van der Waals surface area contributed by atoms with E-state index in [2.05, 4.69) is 5.32 Å². The molecule has 1 rings (SSSR count). The molecule has 112 valence electrons. The van der Waals surface area contributed by atoms with Gasteiger partial charge in [0.05, 0.1) is 18.2 Å². The van der Waals surface area contributed by atoms with Crippen LogP contribution in [0.3, 0.4) is 0 Å². The quantitative estimate of drug-likeness (QED) is 0.915. The molecule has 0 heterocycles. The summed E-state index contributed by atoms with van der Waals surface area (Å²) in [5, 5.41) is 11.4. The predicted molar refractivity (Wildman–Crippen MR) is 80.1 cm³/mol. The van der Waals surface area contributed by atoms with E-state index in [9.17, 15) is 9.59 Å². The van der Waals surface area contributed by atoms with Crippen LogP contribution in [-0.2, 0) is 16.1 Å². The molecule has 1 N–H and O–H groups in total. The van der Waals surface area contributed by atoms with Crippen molar-refractivity contribution in [3.8, 4) is 6.07 Å². The molecule has 21 heavy (non-hydrogen) atoms. The molecule has 1 aromatic rings. The molecule has 5 nitrogen and oxygen atoms in total. The molecule has 1 aromatic carbocycles. The third-order valence-electron chi connectivity index (χ3n) is 3.01. The van der Waals surface area contributed by atoms with Gasteiger partial charge in [0.1, 0.15) is 0 Å². The zero-order valence-corrected chi connectivity index (χ0v) is 12.9. The average molecular weight is 287 g/mol. The van der Waals surface area contributed by atoms with Gasteiger partial charge in [0, 0.05) is 19.0 Å². The van der Waals surface area contributed by atoms with Gasteiger partial charge < -0.3 is 10.2 Å². The Hall–Kier alpha value is -2.35. The SMILES string of the molecule is CN(Cc1ccc(C#N)cc1)C(=O)CNC(=O)C(C)(C)C. The van der Waals surface area contributed by atoms with Crippen LogP contribution in [0, 0.1) is 16.7 Å². The number of nitrogens with zero attached hydrogens (tertiary/aromatic N) is 2. The Labute approximate surface area is 125 Å². The number of amides is 2. The standard InChI is InChI=1S/C16H21N3O2/c1-16(2,3)15(21)18-10-14(20)19(4)11-13-7-5-12(9-17)6-8-13/h5-8H,10-11H2,1-4H3,(H,18,21). The first kappa shape index (κ1) is 16.7. The van der Waals surface area contributed by atoms with Crippen LogP contribution in [-0.4, -0.2) is 30.3 Å². The molecule has 0 atom stereocenters. The van der Waals surface area contributed by atoms with E-state index >= 15 is 0 Å². The Kier molecular flexibility index (Phi) is 5.48. The first-order valence-corrected chi connectivity index (χ1v) is 6.75. The molecule has 0 bridgehead atoms. The molecule has 0 aromatic heterocycles. The van der Waals surface area contributed by atoms with E-state index in [4.69, 9.17) is 5.26 Å². The number of hydrogen-bond donors (Lipinski definition) is 1. The van der Waals surface area contributed by atoms with Gasteiger partial charge in [-0.15, -0.1) is 0 Å². The number of likely N-dealkylation sites (N-methyl/N-ethyl adjacent to an activating group) is 1. The number of carbonyl (C=O) groups is 2. The molecule has 2 amide bonds. The summed E-state index contributed by atoms with van der Waals surface area (Å²) >= 11 is 0. The van der Waals surface area contributed by atoms with Crippen LogP contribution in [0.1, 0.15) is 31.9 Å². The second kappa shape index (κ2) is 6.89. The highest BCUT2D eigenvalue weighted by atomic mass is 16.2. The third kappa shape index (κ3) is 5.27. The fraction of sp³-hybridized carbons (Fsp3) is 0.438. The van der Waals surface area contributed by atoms with Crippen LogP contribution in [0.5, 0.6) is 0 Å². The monoisotopic (exact) mass is 287 g/mol. The summed E-state index contributed by atoms with van der Waals surface area (Å²) in [7, 11) is 1.68. The van der Waals surface area contributed by atoms with Gasteiger partial charge in [0.25, 0.3) is 0 Å². The molecule has 0 spiro atoms. The lowest BCUT2D eigenvalue weighted by atomic mass is 9.96. The third-order valence-corrected chi connectivity index (χ3v) is 3.01. The van der Waals surface area contributed by atoms with Crippen LogP contribution in [0.15, 0.2) is 24.3 Å².